The van der Waals surface area contributed by atoms with E-state index in [-0.39, 0.29) is 17.5 Å². The molecule has 0 unspecified atom stereocenters. The molecule has 7 heteroatoms. The molecule has 3 fully saturated rings. The smallest absolute Gasteiger partial charge is 0.292 e. The lowest BCUT2D eigenvalue weighted by Gasteiger charge is -2.50. The Kier molecular flexibility index (Phi) is 2.31. The van der Waals surface area contributed by atoms with Gasteiger partial charge < -0.3 is 5.32 Å². The highest BCUT2D eigenvalue weighted by molar-refractivity contribution is 6.08. The second-order valence-corrected chi connectivity index (χ2v) is 4.90. The van der Waals surface area contributed by atoms with Gasteiger partial charge in [0.05, 0.1) is 4.92 Å². The number of para-hydroxylation sites is 2. The Morgan fingerprint density at radius 3 is 2.63 bits per heavy atom. The summed E-state index contributed by atoms with van der Waals surface area (Å²) in [5, 5.41) is 16.1. The number of nitro groups is 1. The van der Waals surface area contributed by atoms with Crippen molar-refractivity contribution >= 4 is 23.2 Å². The van der Waals surface area contributed by atoms with Gasteiger partial charge in [-0.2, -0.15) is 0 Å². The summed E-state index contributed by atoms with van der Waals surface area (Å²) in [4.78, 5) is 33.7. The van der Waals surface area contributed by atoms with E-state index in [1.165, 1.54) is 6.07 Å². The highest BCUT2D eigenvalue weighted by Crippen LogP contribution is 2.45. The maximum atomic E-state index is 11.9. The normalized spacial score (nSPS) is 28.3. The lowest BCUT2D eigenvalue weighted by atomic mass is 9.64. The largest absolute Gasteiger partial charge is 0.366 e. The predicted molar refractivity (Wildman–Crippen MR) is 65.3 cm³/mol. The molecule has 3 aliphatic rings. The minimum Gasteiger partial charge on any atom is -0.366 e. The number of benzene rings is 1. The molecule has 2 N–H and O–H groups in total. The Hall–Kier alpha value is -2.44. The van der Waals surface area contributed by atoms with Crippen LogP contribution in [0.2, 0.25) is 0 Å². The third-order valence-electron chi connectivity index (χ3n) is 3.71. The van der Waals surface area contributed by atoms with E-state index in [0.717, 1.165) is 0 Å². The van der Waals surface area contributed by atoms with Crippen molar-refractivity contribution in [1.82, 2.24) is 5.32 Å². The average molecular weight is 261 g/mol. The van der Waals surface area contributed by atoms with Crippen LogP contribution >= 0.6 is 0 Å². The lowest BCUT2D eigenvalue weighted by Crippen LogP contribution is -2.69. The van der Waals surface area contributed by atoms with Crippen molar-refractivity contribution in [3.8, 4) is 0 Å². The molecule has 0 spiro atoms. The molecule has 7 nitrogen and oxygen atoms in total. The SMILES string of the molecule is O=C1NC(=O)C2(Nc3ccccc3[N+](=O)[O-])CC1C2. The Morgan fingerprint density at radius 2 is 2.00 bits per heavy atom. The number of amides is 2. The zero-order valence-electron chi connectivity index (χ0n) is 9.88. The van der Waals surface area contributed by atoms with Crippen LogP contribution in [0.15, 0.2) is 24.3 Å². The molecule has 1 saturated carbocycles. The van der Waals surface area contributed by atoms with Gasteiger partial charge in [-0.05, 0) is 18.9 Å². The molecule has 2 saturated heterocycles. The minimum absolute atomic E-state index is 0.0787. The van der Waals surface area contributed by atoms with Crippen LogP contribution in [0.3, 0.4) is 0 Å². The van der Waals surface area contributed by atoms with Crippen molar-refractivity contribution in [2.45, 2.75) is 18.4 Å². The van der Waals surface area contributed by atoms with Crippen LogP contribution in [0.4, 0.5) is 11.4 Å². The van der Waals surface area contributed by atoms with Crippen LogP contribution in [-0.2, 0) is 9.59 Å². The van der Waals surface area contributed by atoms with Gasteiger partial charge in [-0.3, -0.25) is 25.0 Å². The van der Waals surface area contributed by atoms with Gasteiger partial charge in [-0.15, -0.1) is 0 Å². The van der Waals surface area contributed by atoms with Crippen molar-refractivity contribution in [3.05, 3.63) is 34.4 Å². The molecule has 1 aliphatic carbocycles. The third-order valence-corrected chi connectivity index (χ3v) is 3.71. The van der Waals surface area contributed by atoms with Crippen molar-refractivity contribution in [3.63, 3.8) is 0 Å². The number of carbonyl (C=O) groups is 2. The quantitative estimate of drug-likeness (QED) is 0.476. The first-order valence-corrected chi connectivity index (χ1v) is 5.89. The van der Waals surface area contributed by atoms with Gasteiger partial charge in [0.2, 0.25) is 5.91 Å². The lowest BCUT2D eigenvalue weighted by molar-refractivity contribution is -0.384. The average Bonchev–Trinajstić information content (AvgIpc) is 2.31. The van der Waals surface area contributed by atoms with Crippen LogP contribution < -0.4 is 10.6 Å². The van der Waals surface area contributed by atoms with Crippen molar-refractivity contribution in [2.24, 2.45) is 5.92 Å². The van der Waals surface area contributed by atoms with Crippen molar-refractivity contribution in [1.29, 1.82) is 0 Å². The van der Waals surface area contributed by atoms with Gasteiger partial charge in [0, 0.05) is 12.0 Å². The third kappa shape index (κ3) is 1.66. The summed E-state index contributed by atoms with van der Waals surface area (Å²) in [6.45, 7) is 0. The standard InChI is InChI=1S/C12H11N3O4/c16-10-7-5-12(6-7,11(17)13-10)14-8-3-1-2-4-9(8)15(18)19/h1-4,7,14H,5-6H2,(H,13,16,17). The van der Waals surface area contributed by atoms with E-state index in [1.54, 1.807) is 18.2 Å². The molecular formula is C12H11N3O4. The van der Waals surface area contributed by atoms with Crippen molar-refractivity contribution < 1.29 is 14.5 Å². The Bertz CT molecular complexity index is 592. The number of hydrogen-bond donors (Lipinski definition) is 2. The summed E-state index contributed by atoms with van der Waals surface area (Å²) in [5.41, 5.74) is -0.662. The van der Waals surface area contributed by atoms with Crippen LogP contribution in [0, 0.1) is 16.0 Å². The number of nitro benzene ring substituents is 1. The minimum atomic E-state index is -0.884. The number of anilines is 1. The van der Waals surface area contributed by atoms with Gasteiger partial charge in [0.25, 0.3) is 11.6 Å². The number of imide groups is 1. The van der Waals surface area contributed by atoms with Gasteiger partial charge in [0.1, 0.15) is 11.2 Å². The second kappa shape index (κ2) is 3.78. The number of fused-ring (bicyclic) bond motifs is 2. The summed E-state index contributed by atoms with van der Waals surface area (Å²) in [7, 11) is 0. The predicted octanol–water partition coefficient (Wildman–Crippen LogP) is 0.812. The van der Waals surface area contributed by atoms with Crippen LogP contribution in [0.25, 0.3) is 0 Å². The molecule has 0 atom stereocenters. The number of nitrogens with one attached hydrogen (secondary N) is 2. The summed E-state index contributed by atoms with van der Waals surface area (Å²) >= 11 is 0. The van der Waals surface area contributed by atoms with Crippen LogP contribution in [0.1, 0.15) is 12.8 Å². The van der Waals surface area contributed by atoms with E-state index < -0.39 is 16.4 Å². The Balaban J connectivity index is 1.89. The fraction of sp³-hybridized carbons (Fsp3) is 0.333. The topological polar surface area (TPSA) is 101 Å². The summed E-state index contributed by atoms with van der Waals surface area (Å²) in [6.07, 6.45) is 0.785. The van der Waals surface area contributed by atoms with Gasteiger partial charge in [-0.25, -0.2) is 0 Å². The fourth-order valence-electron chi connectivity index (χ4n) is 2.64. The maximum Gasteiger partial charge on any atom is 0.292 e. The molecule has 2 amide bonds. The molecular weight excluding hydrogens is 250 g/mol. The van der Waals surface area contributed by atoms with E-state index in [4.69, 9.17) is 0 Å². The summed E-state index contributed by atoms with van der Waals surface area (Å²) < 4.78 is 0. The molecule has 1 aromatic carbocycles. The zero-order valence-corrected chi connectivity index (χ0v) is 9.88. The van der Waals surface area contributed by atoms with E-state index in [1.807, 2.05) is 0 Å². The molecule has 0 radical (unpaired) electrons. The number of rotatable bonds is 3. The van der Waals surface area contributed by atoms with E-state index in [2.05, 4.69) is 10.6 Å². The molecule has 1 aromatic rings. The first kappa shape index (κ1) is 11.6. The fourth-order valence-corrected chi connectivity index (χ4v) is 2.64. The summed E-state index contributed by atoms with van der Waals surface area (Å²) in [5.74, 6) is -0.831. The van der Waals surface area contributed by atoms with E-state index >= 15 is 0 Å². The number of nitrogens with zero attached hydrogens (tertiary/aromatic N) is 1. The van der Waals surface area contributed by atoms with Gasteiger partial charge in [0.15, 0.2) is 0 Å². The molecule has 0 aromatic heterocycles. The Morgan fingerprint density at radius 1 is 1.32 bits per heavy atom. The molecule has 19 heavy (non-hydrogen) atoms. The van der Waals surface area contributed by atoms with Gasteiger partial charge >= 0.3 is 0 Å². The Labute approximate surface area is 108 Å². The monoisotopic (exact) mass is 261 g/mol. The first-order chi connectivity index (χ1) is 9.02. The van der Waals surface area contributed by atoms with E-state index in [9.17, 15) is 19.7 Å². The highest BCUT2D eigenvalue weighted by atomic mass is 16.6. The zero-order chi connectivity index (χ0) is 13.6. The first-order valence-electron chi connectivity index (χ1n) is 5.89. The highest BCUT2D eigenvalue weighted by Gasteiger charge is 2.58. The van der Waals surface area contributed by atoms with Crippen LogP contribution in [-0.4, -0.2) is 22.3 Å². The molecule has 2 aliphatic heterocycles. The second-order valence-electron chi connectivity index (χ2n) is 4.90. The number of hydrogen-bond acceptors (Lipinski definition) is 5. The molecule has 4 rings (SSSR count). The molecule has 2 heterocycles. The molecule has 2 bridgehead atoms. The number of piperidine rings is 2. The summed E-state index contributed by atoms with van der Waals surface area (Å²) in [6, 6.07) is 6.16. The molecule has 98 valence electrons. The number of carbonyl (C=O) groups excluding carboxylic acids is 2. The maximum absolute atomic E-state index is 11.9. The van der Waals surface area contributed by atoms with E-state index in [0.29, 0.717) is 18.5 Å². The van der Waals surface area contributed by atoms with Gasteiger partial charge in [-0.1, -0.05) is 12.1 Å². The van der Waals surface area contributed by atoms with Crippen LogP contribution in [0.5, 0.6) is 0 Å². The van der Waals surface area contributed by atoms with Crippen molar-refractivity contribution in [2.75, 3.05) is 5.32 Å².